The molecule has 3 aromatic rings. The monoisotopic (exact) mass is 357 g/mol. The molecule has 134 valence electrons. The standard InChI is InChI=1S/C23H19NO3/c1-27-20-14-11-19(12-15-20)23(26)24-21-10-6-5-7-17(21)13-16-22(25)18-8-3-2-4-9-18/h2-16H,1H3,(H,24,26)/b16-13+. The molecule has 0 spiro atoms. The van der Waals surface area contributed by atoms with Gasteiger partial charge in [-0.1, -0.05) is 48.5 Å². The quantitative estimate of drug-likeness (QED) is 0.507. The van der Waals surface area contributed by atoms with Crippen molar-refractivity contribution >= 4 is 23.5 Å². The molecule has 0 saturated carbocycles. The number of nitrogens with one attached hydrogen (secondary N) is 1. The number of para-hydroxylation sites is 1. The number of methoxy groups -OCH3 is 1. The van der Waals surface area contributed by atoms with E-state index in [-0.39, 0.29) is 11.7 Å². The molecule has 3 rings (SSSR count). The van der Waals surface area contributed by atoms with Crippen molar-refractivity contribution in [1.29, 1.82) is 0 Å². The molecule has 0 aromatic heterocycles. The van der Waals surface area contributed by atoms with Crippen molar-refractivity contribution in [2.75, 3.05) is 12.4 Å². The summed E-state index contributed by atoms with van der Waals surface area (Å²) < 4.78 is 5.10. The highest BCUT2D eigenvalue weighted by Gasteiger charge is 2.08. The molecule has 0 aliphatic carbocycles. The lowest BCUT2D eigenvalue weighted by Crippen LogP contribution is -2.12. The van der Waals surface area contributed by atoms with Gasteiger partial charge in [-0.25, -0.2) is 0 Å². The Hall–Kier alpha value is -3.66. The van der Waals surface area contributed by atoms with E-state index in [1.807, 2.05) is 36.4 Å². The van der Waals surface area contributed by atoms with Crippen LogP contribution in [0.2, 0.25) is 0 Å². The van der Waals surface area contributed by atoms with Crippen LogP contribution in [0.25, 0.3) is 6.08 Å². The van der Waals surface area contributed by atoms with Gasteiger partial charge in [0.2, 0.25) is 0 Å². The fraction of sp³-hybridized carbons (Fsp3) is 0.0435. The number of anilines is 1. The molecular formula is C23H19NO3. The molecule has 1 amide bonds. The van der Waals surface area contributed by atoms with Gasteiger partial charge in [0.1, 0.15) is 5.75 Å². The van der Waals surface area contributed by atoms with Crippen LogP contribution in [0.5, 0.6) is 5.75 Å². The lowest BCUT2D eigenvalue weighted by Gasteiger charge is -2.09. The second-order valence-corrected chi connectivity index (χ2v) is 5.83. The molecule has 0 fully saturated rings. The number of allylic oxidation sites excluding steroid dienone is 1. The first-order chi connectivity index (χ1) is 13.2. The molecule has 1 N–H and O–H groups in total. The Balaban J connectivity index is 1.76. The van der Waals surface area contributed by atoms with Crippen molar-refractivity contribution < 1.29 is 14.3 Å². The summed E-state index contributed by atoms with van der Waals surface area (Å²) in [4.78, 5) is 24.7. The van der Waals surface area contributed by atoms with Gasteiger partial charge in [-0.3, -0.25) is 9.59 Å². The van der Waals surface area contributed by atoms with E-state index < -0.39 is 0 Å². The number of hydrogen-bond acceptors (Lipinski definition) is 3. The fourth-order valence-electron chi connectivity index (χ4n) is 2.56. The van der Waals surface area contributed by atoms with E-state index >= 15 is 0 Å². The molecule has 3 aromatic carbocycles. The van der Waals surface area contributed by atoms with Crippen LogP contribution in [0.15, 0.2) is 84.9 Å². The number of hydrogen-bond donors (Lipinski definition) is 1. The molecule has 0 saturated heterocycles. The number of carbonyl (C=O) groups is 2. The zero-order chi connectivity index (χ0) is 19.1. The van der Waals surface area contributed by atoms with Gasteiger partial charge < -0.3 is 10.1 Å². The first-order valence-electron chi connectivity index (χ1n) is 8.49. The summed E-state index contributed by atoms with van der Waals surface area (Å²) in [6.07, 6.45) is 3.21. The highest BCUT2D eigenvalue weighted by Crippen LogP contribution is 2.19. The Kier molecular flexibility index (Phi) is 5.80. The van der Waals surface area contributed by atoms with Gasteiger partial charge >= 0.3 is 0 Å². The van der Waals surface area contributed by atoms with E-state index in [0.29, 0.717) is 22.6 Å². The minimum atomic E-state index is -0.229. The van der Waals surface area contributed by atoms with Crippen LogP contribution < -0.4 is 10.1 Å². The zero-order valence-corrected chi connectivity index (χ0v) is 14.9. The van der Waals surface area contributed by atoms with Crippen LogP contribution in [0.4, 0.5) is 5.69 Å². The smallest absolute Gasteiger partial charge is 0.255 e. The molecular weight excluding hydrogens is 338 g/mol. The van der Waals surface area contributed by atoms with Gasteiger partial charge in [0.15, 0.2) is 5.78 Å². The summed E-state index contributed by atoms with van der Waals surface area (Å²) in [5, 5.41) is 2.89. The third kappa shape index (κ3) is 4.70. The zero-order valence-electron chi connectivity index (χ0n) is 14.9. The average Bonchev–Trinajstić information content (AvgIpc) is 2.73. The van der Waals surface area contributed by atoms with Crippen LogP contribution in [-0.4, -0.2) is 18.8 Å². The minimum absolute atomic E-state index is 0.0908. The second kappa shape index (κ2) is 8.63. The van der Waals surface area contributed by atoms with Gasteiger partial charge in [0, 0.05) is 16.8 Å². The summed E-state index contributed by atoms with van der Waals surface area (Å²) in [6, 6.07) is 23.3. The highest BCUT2D eigenvalue weighted by molar-refractivity contribution is 6.08. The maximum absolute atomic E-state index is 12.5. The minimum Gasteiger partial charge on any atom is -0.497 e. The Labute approximate surface area is 158 Å². The largest absolute Gasteiger partial charge is 0.497 e. The van der Waals surface area contributed by atoms with E-state index in [2.05, 4.69) is 5.32 Å². The van der Waals surface area contributed by atoms with Gasteiger partial charge in [-0.2, -0.15) is 0 Å². The molecule has 0 atom stereocenters. The molecule has 0 unspecified atom stereocenters. The number of carbonyl (C=O) groups excluding carboxylic acids is 2. The number of ether oxygens (including phenoxy) is 1. The lowest BCUT2D eigenvalue weighted by molar-refractivity contribution is 0.102. The predicted octanol–water partition coefficient (Wildman–Crippen LogP) is 4.84. The highest BCUT2D eigenvalue weighted by atomic mass is 16.5. The van der Waals surface area contributed by atoms with Crippen LogP contribution in [0.1, 0.15) is 26.3 Å². The summed E-state index contributed by atoms with van der Waals surface area (Å²) in [5.74, 6) is 0.370. The molecule has 4 heteroatoms. The summed E-state index contributed by atoms with van der Waals surface area (Å²) in [7, 11) is 1.58. The molecule has 0 aliphatic heterocycles. The number of rotatable bonds is 6. The average molecular weight is 357 g/mol. The molecule has 4 nitrogen and oxygen atoms in total. The molecule has 0 aliphatic rings. The van der Waals surface area contributed by atoms with Gasteiger partial charge in [0.25, 0.3) is 5.91 Å². The van der Waals surface area contributed by atoms with Gasteiger partial charge in [-0.05, 0) is 48.0 Å². The lowest BCUT2D eigenvalue weighted by atomic mass is 10.1. The van der Waals surface area contributed by atoms with Crippen molar-refractivity contribution in [2.45, 2.75) is 0 Å². The molecule has 0 radical (unpaired) electrons. The summed E-state index contributed by atoms with van der Waals surface area (Å²) in [6.45, 7) is 0. The first-order valence-corrected chi connectivity index (χ1v) is 8.49. The van der Waals surface area contributed by atoms with E-state index in [9.17, 15) is 9.59 Å². The maximum atomic E-state index is 12.5. The Morgan fingerprint density at radius 1 is 0.815 bits per heavy atom. The van der Waals surface area contributed by atoms with Crippen LogP contribution in [0.3, 0.4) is 0 Å². The van der Waals surface area contributed by atoms with Gasteiger partial charge in [0.05, 0.1) is 7.11 Å². The SMILES string of the molecule is COc1ccc(C(=O)Nc2ccccc2/C=C/C(=O)c2ccccc2)cc1. The van der Waals surface area contributed by atoms with Crippen molar-refractivity contribution in [3.8, 4) is 5.75 Å². The molecule has 0 bridgehead atoms. The van der Waals surface area contributed by atoms with Crippen molar-refractivity contribution in [3.05, 3.63) is 102 Å². The van der Waals surface area contributed by atoms with E-state index in [4.69, 9.17) is 4.74 Å². The topological polar surface area (TPSA) is 55.4 Å². The first kappa shape index (κ1) is 18.1. The van der Waals surface area contributed by atoms with Crippen LogP contribution >= 0.6 is 0 Å². The Morgan fingerprint density at radius 2 is 1.48 bits per heavy atom. The Bertz CT molecular complexity index is 960. The van der Waals surface area contributed by atoms with E-state index in [0.717, 1.165) is 5.56 Å². The fourth-order valence-corrected chi connectivity index (χ4v) is 2.56. The van der Waals surface area contributed by atoms with Crippen LogP contribution in [-0.2, 0) is 0 Å². The molecule has 27 heavy (non-hydrogen) atoms. The van der Waals surface area contributed by atoms with Crippen LogP contribution in [0, 0.1) is 0 Å². The van der Waals surface area contributed by atoms with Crippen molar-refractivity contribution in [2.24, 2.45) is 0 Å². The normalized spacial score (nSPS) is 10.6. The molecule has 0 heterocycles. The van der Waals surface area contributed by atoms with E-state index in [1.54, 1.807) is 55.7 Å². The number of ketones is 1. The maximum Gasteiger partial charge on any atom is 0.255 e. The van der Waals surface area contributed by atoms with Crippen molar-refractivity contribution in [1.82, 2.24) is 0 Å². The van der Waals surface area contributed by atoms with E-state index in [1.165, 1.54) is 6.08 Å². The second-order valence-electron chi connectivity index (χ2n) is 5.83. The Morgan fingerprint density at radius 3 is 2.19 bits per heavy atom. The summed E-state index contributed by atoms with van der Waals surface area (Å²) in [5.41, 5.74) is 2.53. The third-order valence-corrected chi connectivity index (χ3v) is 4.03. The third-order valence-electron chi connectivity index (χ3n) is 4.03. The van der Waals surface area contributed by atoms with Crippen molar-refractivity contribution in [3.63, 3.8) is 0 Å². The van der Waals surface area contributed by atoms with Gasteiger partial charge in [-0.15, -0.1) is 0 Å². The summed E-state index contributed by atoms with van der Waals surface area (Å²) >= 11 is 0. The number of benzene rings is 3. The predicted molar refractivity (Wildman–Crippen MR) is 107 cm³/mol. The number of amides is 1.